The van der Waals surface area contributed by atoms with Crippen LogP contribution in [0.15, 0.2) is 15.0 Å². The first-order valence-electron chi connectivity index (χ1n) is 4.72. The molecule has 0 fully saturated rings. The number of carbonyl (C=O) groups excluding carboxylic acids is 1. The van der Waals surface area contributed by atoms with E-state index in [9.17, 15) is 9.18 Å². The maximum atomic E-state index is 13.8. The summed E-state index contributed by atoms with van der Waals surface area (Å²) >= 11 is 3.05. The van der Waals surface area contributed by atoms with Crippen molar-refractivity contribution < 1.29 is 18.3 Å². The molecule has 17 heavy (non-hydrogen) atoms. The van der Waals surface area contributed by atoms with Gasteiger partial charge >= 0.3 is 5.97 Å². The summed E-state index contributed by atoms with van der Waals surface area (Å²) in [6, 6.07) is 1.61. The molecule has 1 heterocycles. The van der Waals surface area contributed by atoms with E-state index in [0.717, 1.165) is 0 Å². The van der Waals surface area contributed by atoms with Crippen molar-refractivity contribution in [1.29, 1.82) is 0 Å². The topological polar surface area (TPSA) is 65.5 Å². The van der Waals surface area contributed by atoms with Crippen LogP contribution in [0.1, 0.15) is 16.1 Å². The van der Waals surface area contributed by atoms with Crippen LogP contribution in [0.4, 0.5) is 10.1 Å². The molecule has 1 aromatic carbocycles. The summed E-state index contributed by atoms with van der Waals surface area (Å²) in [6.07, 6.45) is 0. The molecule has 90 valence electrons. The van der Waals surface area contributed by atoms with Gasteiger partial charge in [-0.05, 0) is 28.9 Å². The smallest absolute Gasteiger partial charge is 0.340 e. The van der Waals surface area contributed by atoms with Crippen molar-refractivity contribution in [3.05, 3.63) is 27.7 Å². The SMILES string of the molecule is COC(=O)c1c(N)c(F)c(Br)c2oc(C)cc12. The van der Waals surface area contributed by atoms with Gasteiger partial charge in [-0.15, -0.1) is 0 Å². The van der Waals surface area contributed by atoms with Gasteiger partial charge in [0.15, 0.2) is 11.4 Å². The molecule has 0 saturated heterocycles. The quantitative estimate of drug-likeness (QED) is 0.649. The molecule has 6 heteroatoms. The minimum atomic E-state index is -0.729. The van der Waals surface area contributed by atoms with Gasteiger partial charge in [0.1, 0.15) is 5.76 Å². The van der Waals surface area contributed by atoms with E-state index < -0.39 is 11.8 Å². The van der Waals surface area contributed by atoms with Crippen molar-refractivity contribution in [3.8, 4) is 0 Å². The number of aryl methyl sites for hydroxylation is 1. The zero-order chi connectivity index (χ0) is 12.7. The number of esters is 1. The lowest BCUT2D eigenvalue weighted by Gasteiger charge is -2.07. The molecule has 0 unspecified atom stereocenters. The largest absolute Gasteiger partial charge is 0.465 e. The van der Waals surface area contributed by atoms with Crippen LogP contribution in [0, 0.1) is 12.7 Å². The highest BCUT2D eigenvalue weighted by atomic mass is 79.9. The highest BCUT2D eigenvalue weighted by molar-refractivity contribution is 9.10. The molecule has 0 spiro atoms. The number of rotatable bonds is 1. The van der Waals surface area contributed by atoms with Gasteiger partial charge in [0.05, 0.1) is 22.8 Å². The number of methoxy groups -OCH3 is 1. The number of nitrogen functional groups attached to an aromatic ring is 1. The third kappa shape index (κ3) is 1.68. The summed E-state index contributed by atoms with van der Waals surface area (Å²) in [6.45, 7) is 1.70. The van der Waals surface area contributed by atoms with E-state index in [-0.39, 0.29) is 21.3 Å². The second kappa shape index (κ2) is 4.03. The van der Waals surface area contributed by atoms with Crippen LogP contribution in [-0.4, -0.2) is 13.1 Å². The first kappa shape index (κ1) is 11.9. The van der Waals surface area contributed by atoms with Crippen LogP contribution in [0.5, 0.6) is 0 Å². The van der Waals surface area contributed by atoms with Crippen LogP contribution in [0.2, 0.25) is 0 Å². The van der Waals surface area contributed by atoms with E-state index in [1.807, 2.05) is 0 Å². The molecule has 0 radical (unpaired) electrons. The zero-order valence-corrected chi connectivity index (χ0v) is 10.7. The Morgan fingerprint density at radius 1 is 1.59 bits per heavy atom. The normalized spacial score (nSPS) is 10.8. The van der Waals surface area contributed by atoms with Gasteiger partial charge in [0, 0.05) is 5.39 Å². The third-order valence-electron chi connectivity index (χ3n) is 2.41. The molecule has 0 aliphatic rings. The predicted molar refractivity (Wildman–Crippen MR) is 64.4 cm³/mol. The molecule has 0 saturated carbocycles. The van der Waals surface area contributed by atoms with Crippen LogP contribution >= 0.6 is 15.9 Å². The Bertz CT molecular complexity index is 621. The zero-order valence-electron chi connectivity index (χ0n) is 9.14. The average Bonchev–Trinajstić information content (AvgIpc) is 2.68. The highest BCUT2D eigenvalue weighted by Crippen LogP contribution is 2.37. The van der Waals surface area contributed by atoms with E-state index in [4.69, 9.17) is 10.2 Å². The average molecular weight is 302 g/mol. The molecule has 0 bridgehead atoms. The fourth-order valence-electron chi connectivity index (χ4n) is 1.66. The monoisotopic (exact) mass is 301 g/mol. The summed E-state index contributed by atoms with van der Waals surface area (Å²) in [5.41, 5.74) is 5.57. The molecule has 0 aliphatic heterocycles. The molecule has 0 atom stereocenters. The van der Waals surface area contributed by atoms with Gasteiger partial charge < -0.3 is 14.9 Å². The Labute approximate surface area is 105 Å². The third-order valence-corrected chi connectivity index (χ3v) is 3.12. The maximum absolute atomic E-state index is 13.8. The lowest BCUT2D eigenvalue weighted by molar-refractivity contribution is 0.0603. The number of hydrogen-bond donors (Lipinski definition) is 1. The summed E-state index contributed by atoms with van der Waals surface area (Å²) in [4.78, 5) is 11.6. The number of anilines is 1. The molecule has 1 aromatic heterocycles. The Morgan fingerprint density at radius 2 is 2.24 bits per heavy atom. The standard InChI is InChI=1S/C11H9BrFNO3/c1-4-3-5-6(11(15)16-2)9(14)8(13)7(12)10(5)17-4/h3H,14H2,1-2H3. The number of halogens is 2. The minimum Gasteiger partial charge on any atom is -0.465 e. The Morgan fingerprint density at radius 3 is 2.82 bits per heavy atom. The molecule has 4 nitrogen and oxygen atoms in total. The maximum Gasteiger partial charge on any atom is 0.340 e. The molecule has 0 aliphatic carbocycles. The summed E-state index contributed by atoms with van der Waals surface area (Å²) in [5.74, 6) is -0.872. The van der Waals surface area contributed by atoms with Crippen molar-refractivity contribution >= 4 is 38.6 Å². The number of hydrogen-bond acceptors (Lipinski definition) is 4. The number of fused-ring (bicyclic) bond motifs is 1. The number of carbonyl (C=O) groups is 1. The first-order valence-corrected chi connectivity index (χ1v) is 5.51. The fourth-order valence-corrected chi connectivity index (χ4v) is 2.17. The van der Waals surface area contributed by atoms with Gasteiger partial charge in [-0.1, -0.05) is 0 Å². The van der Waals surface area contributed by atoms with Crippen molar-refractivity contribution in [2.24, 2.45) is 0 Å². The second-order valence-corrected chi connectivity index (χ2v) is 4.30. The summed E-state index contributed by atoms with van der Waals surface area (Å²) < 4.78 is 23.8. The van der Waals surface area contributed by atoms with Gasteiger partial charge in [-0.2, -0.15) is 0 Å². The summed E-state index contributed by atoms with van der Waals surface area (Å²) in [7, 11) is 1.21. The van der Waals surface area contributed by atoms with E-state index in [0.29, 0.717) is 11.1 Å². The molecule has 2 aromatic rings. The minimum absolute atomic E-state index is 0.0138. The van der Waals surface area contributed by atoms with Crippen molar-refractivity contribution in [2.75, 3.05) is 12.8 Å². The second-order valence-electron chi connectivity index (χ2n) is 3.51. The molecule has 2 N–H and O–H groups in total. The Kier molecular flexibility index (Phi) is 2.82. The van der Waals surface area contributed by atoms with Gasteiger partial charge in [0.2, 0.25) is 0 Å². The molecular weight excluding hydrogens is 293 g/mol. The fraction of sp³-hybridized carbons (Fsp3) is 0.182. The summed E-state index contributed by atoms with van der Waals surface area (Å²) in [5, 5.41) is 0.431. The number of benzene rings is 1. The number of ether oxygens (including phenoxy) is 1. The van der Waals surface area contributed by atoms with Crippen LogP contribution < -0.4 is 5.73 Å². The molecule has 2 rings (SSSR count). The van der Waals surface area contributed by atoms with Gasteiger partial charge in [-0.25, -0.2) is 9.18 Å². The van der Waals surface area contributed by atoms with E-state index in [1.165, 1.54) is 7.11 Å². The Hall–Kier alpha value is -1.56. The van der Waals surface area contributed by atoms with E-state index in [2.05, 4.69) is 20.7 Å². The number of furan rings is 1. The van der Waals surface area contributed by atoms with Crippen LogP contribution in [-0.2, 0) is 4.74 Å². The predicted octanol–water partition coefficient (Wildman–Crippen LogP) is 3.01. The lowest BCUT2D eigenvalue weighted by atomic mass is 10.1. The van der Waals surface area contributed by atoms with Gasteiger partial charge in [0.25, 0.3) is 0 Å². The lowest BCUT2D eigenvalue weighted by Crippen LogP contribution is -2.08. The number of nitrogens with two attached hydrogens (primary N) is 1. The first-order chi connectivity index (χ1) is 7.97. The van der Waals surface area contributed by atoms with E-state index >= 15 is 0 Å². The Balaban J connectivity index is 2.94. The highest BCUT2D eigenvalue weighted by Gasteiger charge is 2.24. The van der Waals surface area contributed by atoms with E-state index in [1.54, 1.807) is 13.0 Å². The van der Waals surface area contributed by atoms with Crippen molar-refractivity contribution in [3.63, 3.8) is 0 Å². The van der Waals surface area contributed by atoms with Crippen molar-refractivity contribution in [1.82, 2.24) is 0 Å². The molecular formula is C11H9BrFNO3. The molecule has 0 amide bonds. The van der Waals surface area contributed by atoms with Crippen LogP contribution in [0.25, 0.3) is 11.0 Å². The van der Waals surface area contributed by atoms with Crippen molar-refractivity contribution in [2.45, 2.75) is 6.92 Å². The van der Waals surface area contributed by atoms with Gasteiger partial charge in [-0.3, -0.25) is 0 Å². The van der Waals surface area contributed by atoms with Crippen LogP contribution in [0.3, 0.4) is 0 Å².